The minimum atomic E-state index is -0.758. The highest BCUT2D eigenvalue weighted by molar-refractivity contribution is 7.09. The Hall–Kier alpha value is -3.88. The minimum absolute atomic E-state index is 0.0355. The lowest BCUT2D eigenvalue weighted by molar-refractivity contribution is -0.148. The van der Waals surface area contributed by atoms with Gasteiger partial charge in [-0.05, 0) is 82.7 Å². The molecule has 0 saturated carbocycles. The van der Waals surface area contributed by atoms with Crippen LogP contribution < -0.4 is 16.0 Å². The smallest absolute Gasteiger partial charge is 0.270 e. The van der Waals surface area contributed by atoms with E-state index >= 15 is 0 Å². The molecule has 1 aromatic heterocycles. The standard InChI is InChI=1S/C40H62N6O7S/c1-8-12-32(48)23-53-25-46(40(52)36(26(3)9-2)44-39(51)34-13-10-11-20-45(34)7)28(5)14-19-35-43-33(24-54-35)38(50)42-30(21-27(4)37(49)41-6)22-29-15-17-31(47)18-16-29/h15-18,24,26-28,30,34,36,47H,8-14,19-23,25H2,1-7H3,(H,41,49)(H,42,50)(H,44,51). The molecule has 1 aliphatic heterocycles. The van der Waals surface area contributed by atoms with Crippen LogP contribution in [0, 0.1) is 11.8 Å². The number of likely N-dealkylation sites (N-methyl/N-ethyl adjacent to an activating group) is 1. The van der Waals surface area contributed by atoms with Crippen LogP contribution in [-0.2, 0) is 36.8 Å². The number of ketones is 1. The SMILES string of the molecule is CCCC(=O)COCN(C(=O)C(NC(=O)C1CCCCN1C)C(C)CC)C(C)CCc1nc(C(=O)NC(Cc2ccc(O)cc2)CC(C)C(=O)NC)cs1. The fourth-order valence-electron chi connectivity index (χ4n) is 6.70. The fourth-order valence-corrected chi connectivity index (χ4v) is 7.50. The molecule has 14 heteroatoms. The van der Waals surface area contributed by atoms with Crippen molar-refractivity contribution >= 4 is 40.7 Å². The molecule has 3 rings (SSSR count). The molecule has 54 heavy (non-hydrogen) atoms. The summed E-state index contributed by atoms with van der Waals surface area (Å²) in [5.41, 5.74) is 1.17. The summed E-state index contributed by atoms with van der Waals surface area (Å²) in [7, 11) is 3.52. The van der Waals surface area contributed by atoms with Gasteiger partial charge in [0.2, 0.25) is 17.7 Å². The van der Waals surface area contributed by atoms with Crippen molar-refractivity contribution in [1.29, 1.82) is 0 Å². The highest BCUT2D eigenvalue weighted by Gasteiger charge is 2.35. The summed E-state index contributed by atoms with van der Waals surface area (Å²) in [5, 5.41) is 20.9. The third-order valence-electron chi connectivity index (χ3n) is 10.3. The van der Waals surface area contributed by atoms with Crippen LogP contribution in [0.4, 0.5) is 0 Å². The van der Waals surface area contributed by atoms with Crippen molar-refractivity contribution in [1.82, 2.24) is 30.7 Å². The van der Waals surface area contributed by atoms with Crippen molar-refractivity contribution in [2.24, 2.45) is 11.8 Å². The topological polar surface area (TPSA) is 170 Å². The molecule has 6 atom stereocenters. The zero-order valence-electron chi connectivity index (χ0n) is 33.2. The highest BCUT2D eigenvalue weighted by Crippen LogP contribution is 2.21. The van der Waals surface area contributed by atoms with Crippen LogP contribution in [0.1, 0.15) is 107 Å². The van der Waals surface area contributed by atoms with Gasteiger partial charge in [-0.3, -0.25) is 28.9 Å². The lowest BCUT2D eigenvalue weighted by atomic mass is 9.95. The minimum Gasteiger partial charge on any atom is -0.508 e. The molecular weight excluding hydrogens is 709 g/mol. The zero-order valence-corrected chi connectivity index (χ0v) is 34.0. The zero-order chi connectivity index (χ0) is 39.8. The van der Waals surface area contributed by atoms with Gasteiger partial charge in [-0.1, -0.05) is 52.7 Å². The summed E-state index contributed by atoms with van der Waals surface area (Å²) in [6, 6.07) is 5.02. The number of thiazole rings is 1. The van der Waals surface area contributed by atoms with E-state index in [2.05, 4.69) is 20.9 Å². The van der Waals surface area contributed by atoms with Crippen LogP contribution in [0.15, 0.2) is 29.6 Å². The van der Waals surface area contributed by atoms with E-state index < -0.39 is 6.04 Å². The number of aryl methyl sites for hydroxylation is 1. The molecule has 13 nitrogen and oxygen atoms in total. The average Bonchev–Trinajstić information content (AvgIpc) is 3.64. The van der Waals surface area contributed by atoms with Gasteiger partial charge in [0, 0.05) is 43.3 Å². The summed E-state index contributed by atoms with van der Waals surface area (Å²) in [4.78, 5) is 74.1. The molecule has 2 heterocycles. The predicted molar refractivity (Wildman–Crippen MR) is 210 cm³/mol. The van der Waals surface area contributed by atoms with E-state index in [9.17, 15) is 29.1 Å². The average molecular weight is 771 g/mol. The Morgan fingerprint density at radius 3 is 2.44 bits per heavy atom. The molecule has 0 bridgehead atoms. The first kappa shape index (κ1) is 44.5. The number of aromatic hydroxyl groups is 1. The lowest BCUT2D eigenvalue weighted by Crippen LogP contribution is -2.58. The number of nitrogens with one attached hydrogen (secondary N) is 3. The molecule has 1 aromatic carbocycles. The Balaban J connectivity index is 1.73. The predicted octanol–water partition coefficient (Wildman–Crippen LogP) is 4.47. The van der Waals surface area contributed by atoms with E-state index in [1.54, 1.807) is 41.6 Å². The Bertz CT molecular complexity index is 1520. The summed E-state index contributed by atoms with van der Waals surface area (Å²) >= 11 is 1.36. The van der Waals surface area contributed by atoms with Gasteiger partial charge in [-0.25, -0.2) is 4.98 Å². The van der Waals surface area contributed by atoms with Crippen LogP contribution in [0.5, 0.6) is 5.75 Å². The summed E-state index contributed by atoms with van der Waals surface area (Å²) in [6.45, 7) is 10.2. The largest absolute Gasteiger partial charge is 0.508 e. The van der Waals surface area contributed by atoms with E-state index in [0.29, 0.717) is 44.9 Å². The number of likely N-dealkylation sites (tertiary alicyclic amines) is 1. The van der Waals surface area contributed by atoms with Crippen molar-refractivity contribution in [3.8, 4) is 5.75 Å². The van der Waals surface area contributed by atoms with Gasteiger partial charge in [-0.2, -0.15) is 0 Å². The van der Waals surface area contributed by atoms with E-state index in [1.807, 2.05) is 46.6 Å². The number of piperidine rings is 1. The van der Waals surface area contributed by atoms with Crippen LogP contribution in [0.25, 0.3) is 0 Å². The van der Waals surface area contributed by atoms with Crippen LogP contribution >= 0.6 is 11.3 Å². The molecule has 300 valence electrons. The first-order valence-corrected chi connectivity index (χ1v) is 20.3. The number of carbonyl (C=O) groups excluding carboxylic acids is 5. The van der Waals surface area contributed by atoms with E-state index in [4.69, 9.17) is 4.74 Å². The van der Waals surface area contributed by atoms with Gasteiger partial charge in [0.15, 0.2) is 5.78 Å². The number of ether oxygens (including phenoxy) is 1. The molecule has 1 saturated heterocycles. The number of phenolic OH excluding ortho intramolecular Hbond substituents is 1. The molecule has 1 aliphatic rings. The van der Waals surface area contributed by atoms with Crippen molar-refractivity contribution < 1.29 is 33.8 Å². The maximum absolute atomic E-state index is 14.3. The molecule has 0 radical (unpaired) electrons. The number of phenols is 1. The molecular formula is C40H62N6O7S. The van der Waals surface area contributed by atoms with Gasteiger partial charge in [0.1, 0.15) is 30.8 Å². The number of aromatic nitrogens is 1. The summed E-state index contributed by atoms with van der Waals surface area (Å²) < 4.78 is 5.81. The van der Waals surface area contributed by atoms with Gasteiger partial charge in [-0.15, -0.1) is 11.3 Å². The number of nitrogens with zero attached hydrogens (tertiary/aromatic N) is 3. The number of amides is 4. The number of benzene rings is 1. The first-order chi connectivity index (χ1) is 25.8. The number of rotatable bonds is 22. The number of hydrogen-bond acceptors (Lipinski definition) is 10. The second kappa shape index (κ2) is 22.5. The molecule has 2 aromatic rings. The number of hydrogen-bond donors (Lipinski definition) is 4. The second-order valence-electron chi connectivity index (χ2n) is 14.7. The maximum atomic E-state index is 14.3. The van der Waals surface area contributed by atoms with Crippen LogP contribution in [0.3, 0.4) is 0 Å². The van der Waals surface area contributed by atoms with Gasteiger partial charge in [0.05, 0.1) is 11.0 Å². The number of Topliss-reactive ketones (excluding diaryl/α,β-unsaturated/α-hetero) is 1. The molecule has 0 spiro atoms. The Kier molecular flexibility index (Phi) is 18.5. The van der Waals surface area contributed by atoms with Crippen molar-refractivity contribution in [2.45, 2.75) is 123 Å². The van der Waals surface area contributed by atoms with E-state index in [1.165, 1.54) is 11.3 Å². The summed E-state index contributed by atoms with van der Waals surface area (Å²) in [5.74, 6) is -1.24. The highest BCUT2D eigenvalue weighted by atomic mass is 32.1. The third kappa shape index (κ3) is 13.8. The summed E-state index contributed by atoms with van der Waals surface area (Å²) in [6.07, 6.45) is 6.40. The third-order valence-corrected chi connectivity index (χ3v) is 11.2. The molecule has 0 aliphatic carbocycles. The van der Waals surface area contributed by atoms with Gasteiger partial charge < -0.3 is 30.7 Å². The van der Waals surface area contributed by atoms with Crippen molar-refractivity contribution in [3.05, 3.63) is 45.9 Å². The monoisotopic (exact) mass is 770 g/mol. The second-order valence-corrected chi connectivity index (χ2v) is 15.7. The van der Waals surface area contributed by atoms with Crippen LogP contribution in [-0.4, -0.2) is 107 Å². The Labute approximate surface area is 325 Å². The fraction of sp³-hybridized carbons (Fsp3) is 0.650. The quantitative estimate of drug-likeness (QED) is 0.126. The van der Waals surface area contributed by atoms with Gasteiger partial charge in [0.25, 0.3) is 5.91 Å². The Morgan fingerprint density at radius 1 is 1.07 bits per heavy atom. The maximum Gasteiger partial charge on any atom is 0.270 e. The van der Waals surface area contributed by atoms with E-state index in [0.717, 1.165) is 36.4 Å². The van der Waals surface area contributed by atoms with Crippen LogP contribution in [0.2, 0.25) is 0 Å². The number of carbonyl (C=O) groups is 5. The van der Waals surface area contributed by atoms with Crippen molar-refractivity contribution in [3.63, 3.8) is 0 Å². The lowest BCUT2D eigenvalue weighted by Gasteiger charge is -2.36. The van der Waals surface area contributed by atoms with Gasteiger partial charge >= 0.3 is 0 Å². The van der Waals surface area contributed by atoms with E-state index in [-0.39, 0.29) is 84.2 Å². The molecule has 6 unspecified atom stereocenters. The normalized spacial score (nSPS) is 17.4. The van der Waals surface area contributed by atoms with Crippen molar-refractivity contribution in [2.75, 3.05) is 34.0 Å². The Morgan fingerprint density at radius 2 is 1.80 bits per heavy atom. The molecule has 4 amide bonds. The molecule has 1 fully saturated rings. The first-order valence-electron chi connectivity index (χ1n) is 19.4. The molecule has 4 N–H and O–H groups in total.